The van der Waals surface area contributed by atoms with Crippen molar-refractivity contribution in [3.8, 4) is 6.07 Å². The average Bonchev–Trinajstić information content (AvgIpc) is 2.39. The van der Waals surface area contributed by atoms with Crippen LogP contribution < -0.4 is 0 Å². The van der Waals surface area contributed by atoms with Crippen LogP contribution >= 0.6 is 11.8 Å². The summed E-state index contributed by atoms with van der Waals surface area (Å²) in [6, 6.07) is 20.4. The number of nitriles is 1. The summed E-state index contributed by atoms with van der Waals surface area (Å²) in [7, 11) is 0. The molecule has 18 heavy (non-hydrogen) atoms. The van der Waals surface area contributed by atoms with Crippen LogP contribution in [0.4, 0.5) is 0 Å². The van der Waals surface area contributed by atoms with Crippen LogP contribution in [0.3, 0.4) is 0 Å². The van der Waals surface area contributed by atoms with Crippen molar-refractivity contribution in [3.05, 3.63) is 65.7 Å². The highest BCUT2D eigenvalue weighted by molar-refractivity contribution is 8.00. The van der Waals surface area contributed by atoms with Gasteiger partial charge in [-0.1, -0.05) is 30.3 Å². The summed E-state index contributed by atoms with van der Waals surface area (Å²) < 4.78 is -0.00462. The SMILES string of the molecule is CC(C)(Sc1ccccc1)c1ccc(C#N)cc1. The molecule has 0 fully saturated rings. The van der Waals surface area contributed by atoms with E-state index in [9.17, 15) is 0 Å². The summed E-state index contributed by atoms with van der Waals surface area (Å²) in [5, 5.41) is 8.81. The first-order valence-corrected chi connectivity index (χ1v) is 6.68. The van der Waals surface area contributed by atoms with Crippen LogP contribution in [-0.2, 0) is 4.75 Å². The minimum Gasteiger partial charge on any atom is -0.192 e. The summed E-state index contributed by atoms with van der Waals surface area (Å²) in [6.07, 6.45) is 0. The highest BCUT2D eigenvalue weighted by Gasteiger charge is 2.21. The molecule has 0 unspecified atom stereocenters. The maximum atomic E-state index is 8.81. The van der Waals surface area contributed by atoms with Crippen molar-refractivity contribution >= 4 is 11.8 Å². The zero-order valence-electron chi connectivity index (χ0n) is 10.6. The first kappa shape index (κ1) is 12.7. The molecule has 90 valence electrons. The standard InChI is InChI=1S/C16H15NS/c1-16(2,18-15-6-4-3-5-7-15)14-10-8-13(12-17)9-11-14/h3-11H,1-2H3. The Labute approximate surface area is 112 Å². The van der Waals surface area contributed by atoms with Crippen molar-refractivity contribution in [1.29, 1.82) is 5.26 Å². The molecule has 0 aliphatic heterocycles. The van der Waals surface area contributed by atoms with E-state index in [0.29, 0.717) is 5.56 Å². The van der Waals surface area contributed by atoms with Crippen molar-refractivity contribution in [2.45, 2.75) is 23.5 Å². The summed E-state index contributed by atoms with van der Waals surface area (Å²) in [6.45, 7) is 4.40. The molecule has 0 bridgehead atoms. The van der Waals surface area contributed by atoms with Crippen LogP contribution in [-0.4, -0.2) is 0 Å². The highest BCUT2D eigenvalue weighted by Crippen LogP contribution is 2.40. The van der Waals surface area contributed by atoms with Gasteiger partial charge in [0.2, 0.25) is 0 Å². The molecule has 0 spiro atoms. The topological polar surface area (TPSA) is 23.8 Å². The fraction of sp³-hybridized carbons (Fsp3) is 0.188. The molecule has 0 aromatic heterocycles. The van der Waals surface area contributed by atoms with Gasteiger partial charge in [0.1, 0.15) is 0 Å². The molecule has 0 atom stereocenters. The predicted molar refractivity (Wildman–Crippen MR) is 76.5 cm³/mol. The fourth-order valence-electron chi connectivity index (χ4n) is 1.79. The largest absolute Gasteiger partial charge is 0.192 e. The molecule has 2 heteroatoms. The first-order chi connectivity index (χ1) is 8.62. The van der Waals surface area contributed by atoms with Gasteiger partial charge in [0.05, 0.1) is 11.6 Å². The van der Waals surface area contributed by atoms with E-state index in [4.69, 9.17) is 5.26 Å². The third-order valence-corrected chi connectivity index (χ3v) is 4.08. The van der Waals surface area contributed by atoms with E-state index < -0.39 is 0 Å². The number of rotatable bonds is 3. The Morgan fingerprint density at radius 3 is 2.11 bits per heavy atom. The minimum absolute atomic E-state index is 0.00462. The molecule has 1 nitrogen and oxygen atoms in total. The molecule has 2 aromatic rings. The monoisotopic (exact) mass is 253 g/mol. The van der Waals surface area contributed by atoms with Crippen LogP contribution in [0.5, 0.6) is 0 Å². The zero-order chi connectivity index (χ0) is 13.0. The average molecular weight is 253 g/mol. The predicted octanol–water partition coefficient (Wildman–Crippen LogP) is 4.59. The molecule has 0 heterocycles. The number of benzene rings is 2. The van der Waals surface area contributed by atoms with Gasteiger partial charge < -0.3 is 0 Å². The molecule has 2 rings (SSSR count). The Morgan fingerprint density at radius 1 is 0.944 bits per heavy atom. The smallest absolute Gasteiger partial charge is 0.0991 e. The Balaban J connectivity index is 2.22. The molecular weight excluding hydrogens is 238 g/mol. The Bertz CT molecular complexity index is 550. The third-order valence-electron chi connectivity index (χ3n) is 2.83. The first-order valence-electron chi connectivity index (χ1n) is 5.86. The van der Waals surface area contributed by atoms with Gasteiger partial charge in [-0.2, -0.15) is 5.26 Å². The van der Waals surface area contributed by atoms with Crippen molar-refractivity contribution in [3.63, 3.8) is 0 Å². The molecular formula is C16H15NS. The zero-order valence-corrected chi connectivity index (χ0v) is 11.4. The van der Waals surface area contributed by atoms with Gasteiger partial charge in [0.15, 0.2) is 0 Å². The molecule has 0 aliphatic rings. The maximum Gasteiger partial charge on any atom is 0.0991 e. The van der Waals surface area contributed by atoms with E-state index in [0.717, 1.165) is 0 Å². The van der Waals surface area contributed by atoms with Gasteiger partial charge >= 0.3 is 0 Å². The van der Waals surface area contributed by atoms with Crippen LogP contribution in [0.15, 0.2) is 59.5 Å². The molecule has 0 saturated heterocycles. The van der Waals surface area contributed by atoms with Crippen molar-refractivity contribution in [2.24, 2.45) is 0 Å². The van der Waals surface area contributed by atoms with E-state index >= 15 is 0 Å². The number of hydrogen-bond donors (Lipinski definition) is 0. The summed E-state index contributed by atoms with van der Waals surface area (Å²) in [5.41, 5.74) is 1.94. The lowest BCUT2D eigenvalue weighted by Crippen LogP contribution is -2.11. The maximum absolute atomic E-state index is 8.81. The van der Waals surface area contributed by atoms with Gasteiger partial charge in [-0.05, 0) is 43.7 Å². The lowest BCUT2D eigenvalue weighted by molar-refractivity contribution is 0.782. The second-order valence-electron chi connectivity index (χ2n) is 4.61. The van der Waals surface area contributed by atoms with E-state index in [1.807, 2.05) is 42.1 Å². The summed E-state index contributed by atoms with van der Waals surface area (Å²) >= 11 is 1.83. The second kappa shape index (κ2) is 5.29. The van der Waals surface area contributed by atoms with Crippen LogP contribution in [0, 0.1) is 11.3 Å². The van der Waals surface area contributed by atoms with Crippen LogP contribution in [0.2, 0.25) is 0 Å². The van der Waals surface area contributed by atoms with Gasteiger partial charge in [-0.3, -0.25) is 0 Å². The molecule has 0 aliphatic carbocycles. The fourth-order valence-corrected chi connectivity index (χ4v) is 2.92. The summed E-state index contributed by atoms with van der Waals surface area (Å²) in [5.74, 6) is 0. The normalized spacial score (nSPS) is 10.9. The number of thioether (sulfide) groups is 1. The molecule has 0 radical (unpaired) electrons. The van der Waals surface area contributed by atoms with Gasteiger partial charge in [-0.15, -0.1) is 11.8 Å². The Kier molecular flexibility index (Phi) is 3.74. The molecule has 0 saturated carbocycles. The van der Waals surface area contributed by atoms with Gasteiger partial charge in [0.25, 0.3) is 0 Å². The van der Waals surface area contributed by atoms with Gasteiger partial charge in [0, 0.05) is 9.64 Å². The Morgan fingerprint density at radius 2 is 1.56 bits per heavy atom. The highest BCUT2D eigenvalue weighted by atomic mass is 32.2. The van der Waals surface area contributed by atoms with E-state index in [1.54, 1.807) is 0 Å². The van der Waals surface area contributed by atoms with E-state index in [-0.39, 0.29) is 4.75 Å². The van der Waals surface area contributed by atoms with E-state index in [1.165, 1.54) is 10.5 Å². The van der Waals surface area contributed by atoms with Crippen molar-refractivity contribution < 1.29 is 0 Å². The summed E-state index contributed by atoms with van der Waals surface area (Å²) in [4.78, 5) is 1.26. The van der Waals surface area contributed by atoms with Gasteiger partial charge in [-0.25, -0.2) is 0 Å². The molecule has 0 N–H and O–H groups in total. The molecule has 0 amide bonds. The van der Waals surface area contributed by atoms with Crippen molar-refractivity contribution in [2.75, 3.05) is 0 Å². The third kappa shape index (κ3) is 2.94. The minimum atomic E-state index is -0.00462. The van der Waals surface area contributed by atoms with Crippen LogP contribution in [0.1, 0.15) is 25.0 Å². The van der Waals surface area contributed by atoms with Crippen molar-refractivity contribution in [1.82, 2.24) is 0 Å². The number of hydrogen-bond acceptors (Lipinski definition) is 2. The molecule has 2 aromatic carbocycles. The quantitative estimate of drug-likeness (QED) is 0.747. The second-order valence-corrected chi connectivity index (χ2v) is 6.31. The lowest BCUT2D eigenvalue weighted by atomic mass is 10.0. The Hall–Kier alpha value is -1.72. The lowest BCUT2D eigenvalue weighted by Gasteiger charge is -2.24. The number of nitrogens with zero attached hydrogens (tertiary/aromatic N) is 1. The van der Waals surface area contributed by atoms with E-state index in [2.05, 4.69) is 44.2 Å². The van der Waals surface area contributed by atoms with Crippen LogP contribution in [0.25, 0.3) is 0 Å².